The van der Waals surface area contributed by atoms with Crippen molar-refractivity contribution >= 4 is 36.3 Å². The first-order chi connectivity index (χ1) is 6.85. The number of amides is 1. The zero-order valence-electron chi connectivity index (χ0n) is 9.11. The van der Waals surface area contributed by atoms with Gasteiger partial charge in [0.25, 0.3) is 0 Å². The third-order valence-corrected chi connectivity index (χ3v) is 3.40. The number of nitrogens with one attached hydrogen (secondary N) is 1. The number of rotatable bonds is 6. The fourth-order valence-corrected chi connectivity index (χ4v) is 1.47. The van der Waals surface area contributed by atoms with Gasteiger partial charge in [-0.25, -0.2) is 4.79 Å². The number of aliphatic carboxylic acids is 1. The fraction of sp³-hybridized carbons (Fsp3) is 0.778. The van der Waals surface area contributed by atoms with E-state index in [9.17, 15) is 9.59 Å². The molecule has 0 heterocycles. The van der Waals surface area contributed by atoms with Gasteiger partial charge in [0.1, 0.15) is 6.04 Å². The first kappa shape index (κ1) is 14.6. The first-order valence-corrected chi connectivity index (χ1v) is 6.51. The van der Waals surface area contributed by atoms with Gasteiger partial charge in [0, 0.05) is 11.5 Å². The summed E-state index contributed by atoms with van der Waals surface area (Å²) in [6.07, 6.45) is 1.80. The third kappa shape index (κ3) is 4.79. The molecular weight excluding hydrogens is 234 g/mol. The van der Waals surface area contributed by atoms with E-state index >= 15 is 0 Å². The zero-order valence-corrected chi connectivity index (χ0v) is 10.8. The molecule has 0 aromatic rings. The van der Waals surface area contributed by atoms with Gasteiger partial charge in [-0.3, -0.25) is 4.79 Å². The van der Waals surface area contributed by atoms with Crippen LogP contribution in [0.25, 0.3) is 0 Å². The number of hydrogen-bond donors (Lipinski definition) is 3. The van der Waals surface area contributed by atoms with Gasteiger partial charge in [-0.15, -0.1) is 0 Å². The Morgan fingerprint density at radius 1 is 1.53 bits per heavy atom. The number of carboxylic acids is 1. The molecule has 15 heavy (non-hydrogen) atoms. The van der Waals surface area contributed by atoms with E-state index in [1.54, 1.807) is 20.1 Å². The van der Waals surface area contributed by atoms with Gasteiger partial charge >= 0.3 is 5.97 Å². The minimum Gasteiger partial charge on any atom is -0.480 e. The topological polar surface area (TPSA) is 66.4 Å². The van der Waals surface area contributed by atoms with Gasteiger partial charge in [-0.2, -0.15) is 24.4 Å². The highest BCUT2D eigenvalue weighted by atomic mass is 32.2. The fourth-order valence-electron chi connectivity index (χ4n) is 0.767. The first-order valence-electron chi connectivity index (χ1n) is 4.48. The zero-order chi connectivity index (χ0) is 12.1. The van der Waals surface area contributed by atoms with Gasteiger partial charge in [-0.1, -0.05) is 13.8 Å². The number of thioether (sulfide) groups is 1. The van der Waals surface area contributed by atoms with Crippen molar-refractivity contribution in [1.29, 1.82) is 0 Å². The standard InChI is InChI=1S/C9H17NO3S2/c1-9(2,5-14)8(13)10-6(4-15-3)7(11)12/h6,14H,4-5H2,1-3H3,(H,10,13)(H,11,12). The second-order valence-electron chi connectivity index (χ2n) is 3.86. The molecule has 6 heteroatoms. The van der Waals surface area contributed by atoms with Crippen molar-refractivity contribution < 1.29 is 14.7 Å². The number of carboxylic acid groups (broad SMARTS) is 1. The molecule has 0 bridgehead atoms. The summed E-state index contributed by atoms with van der Waals surface area (Å²) < 4.78 is 0. The molecule has 2 N–H and O–H groups in total. The van der Waals surface area contributed by atoms with E-state index in [4.69, 9.17) is 5.11 Å². The molecule has 0 aliphatic rings. The van der Waals surface area contributed by atoms with Crippen molar-refractivity contribution in [3.05, 3.63) is 0 Å². The van der Waals surface area contributed by atoms with Crippen LogP contribution in [0.1, 0.15) is 13.8 Å². The maximum absolute atomic E-state index is 11.7. The van der Waals surface area contributed by atoms with Crippen LogP contribution in [0, 0.1) is 5.41 Å². The highest BCUT2D eigenvalue weighted by molar-refractivity contribution is 7.98. The summed E-state index contributed by atoms with van der Waals surface area (Å²) in [7, 11) is 0. The Hall–Kier alpha value is -0.360. The second kappa shape index (κ2) is 6.27. The van der Waals surface area contributed by atoms with Crippen LogP contribution in [-0.4, -0.2) is 40.8 Å². The molecule has 1 unspecified atom stereocenters. The lowest BCUT2D eigenvalue weighted by molar-refractivity contribution is -0.142. The molecule has 4 nitrogen and oxygen atoms in total. The normalized spacial score (nSPS) is 13.3. The molecule has 0 radical (unpaired) electrons. The van der Waals surface area contributed by atoms with E-state index in [0.29, 0.717) is 11.5 Å². The average molecular weight is 251 g/mol. The van der Waals surface area contributed by atoms with Crippen LogP contribution in [0.3, 0.4) is 0 Å². The van der Waals surface area contributed by atoms with Gasteiger partial charge in [0.2, 0.25) is 5.91 Å². The Labute approximate surface area is 99.6 Å². The largest absolute Gasteiger partial charge is 0.480 e. The molecule has 0 rings (SSSR count). The Balaban J connectivity index is 4.41. The molecule has 0 saturated heterocycles. The predicted molar refractivity (Wildman–Crippen MR) is 65.6 cm³/mol. The van der Waals surface area contributed by atoms with Crippen LogP contribution in [0.5, 0.6) is 0 Å². The number of thiol groups is 1. The van der Waals surface area contributed by atoms with Crippen molar-refractivity contribution in [2.75, 3.05) is 17.8 Å². The van der Waals surface area contributed by atoms with Gasteiger partial charge in [0.15, 0.2) is 0 Å². The second-order valence-corrected chi connectivity index (χ2v) is 5.09. The van der Waals surface area contributed by atoms with Gasteiger partial charge in [-0.05, 0) is 6.26 Å². The Morgan fingerprint density at radius 2 is 2.07 bits per heavy atom. The Kier molecular flexibility index (Phi) is 6.12. The quantitative estimate of drug-likeness (QED) is 0.613. The lowest BCUT2D eigenvalue weighted by Crippen LogP contribution is -2.48. The average Bonchev–Trinajstić information content (AvgIpc) is 2.16. The van der Waals surface area contributed by atoms with E-state index in [-0.39, 0.29) is 5.91 Å². The van der Waals surface area contributed by atoms with Crippen LogP contribution in [0.2, 0.25) is 0 Å². The number of carbonyl (C=O) groups is 2. The van der Waals surface area contributed by atoms with Crippen molar-refractivity contribution in [1.82, 2.24) is 5.32 Å². The van der Waals surface area contributed by atoms with Crippen LogP contribution >= 0.6 is 24.4 Å². The molecular formula is C9H17NO3S2. The van der Waals surface area contributed by atoms with Crippen LogP contribution in [0.4, 0.5) is 0 Å². The molecule has 1 atom stereocenters. The Bertz CT molecular complexity index is 244. The molecule has 0 spiro atoms. The maximum atomic E-state index is 11.7. The SMILES string of the molecule is CSCC(NC(=O)C(C)(C)CS)C(=O)O. The molecule has 0 aromatic carbocycles. The molecule has 1 amide bonds. The molecule has 88 valence electrons. The van der Waals surface area contributed by atoms with E-state index in [0.717, 1.165) is 0 Å². The van der Waals surface area contributed by atoms with Gasteiger partial charge < -0.3 is 10.4 Å². The van der Waals surface area contributed by atoms with E-state index in [1.165, 1.54) is 11.8 Å². The van der Waals surface area contributed by atoms with Crippen LogP contribution in [-0.2, 0) is 9.59 Å². The number of carbonyl (C=O) groups excluding carboxylic acids is 1. The van der Waals surface area contributed by atoms with E-state index < -0.39 is 17.4 Å². The van der Waals surface area contributed by atoms with E-state index in [1.807, 2.05) is 0 Å². The summed E-state index contributed by atoms with van der Waals surface area (Å²) in [4.78, 5) is 22.4. The minimum absolute atomic E-state index is 0.279. The smallest absolute Gasteiger partial charge is 0.327 e. The summed E-state index contributed by atoms with van der Waals surface area (Å²) in [6, 6.07) is -0.827. The molecule has 0 aromatic heterocycles. The Morgan fingerprint density at radius 3 is 2.40 bits per heavy atom. The summed E-state index contributed by atoms with van der Waals surface area (Å²) >= 11 is 5.44. The summed E-state index contributed by atoms with van der Waals surface area (Å²) in [5, 5.41) is 11.3. The summed E-state index contributed by atoms with van der Waals surface area (Å²) in [5.74, 6) is -0.541. The third-order valence-electron chi connectivity index (χ3n) is 1.95. The predicted octanol–water partition coefficient (Wildman–Crippen LogP) is 0.875. The summed E-state index contributed by atoms with van der Waals surface area (Å²) in [5.41, 5.74) is -0.644. The molecule has 0 fully saturated rings. The summed E-state index contributed by atoms with van der Waals surface area (Å²) in [6.45, 7) is 3.46. The number of hydrogen-bond acceptors (Lipinski definition) is 4. The van der Waals surface area contributed by atoms with Crippen LogP contribution < -0.4 is 5.32 Å². The minimum atomic E-state index is -1.01. The van der Waals surface area contributed by atoms with Crippen molar-refractivity contribution in [2.45, 2.75) is 19.9 Å². The van der Waals surface area contributed by atoms with Crippen molar-refractivity contribution in [2.24, 2.45) is 5.41 Å². The van der Waals surface area contributed by atoms with Crippen molar-refractivity contribution in [3.8, 4) is 0 Å². The monoisotopic (exact) mass is 251 g/mol. The maximum Gasteiger partial charge on any atom is 0.327 e. The van der Waals surface area contributed by atoms with E-state index in [2.05, 4.69) is 17.9 Å². The molecule has 0 aliphatic heterocycles. The molecule has 0 aliphatic carbocycles. The highest BCUT2D eigenvalue weighted by Crippen LogP contribution is 2.17. The van der Waals surface area contributed by atoms with Crippen molar-refractivity contribution in [3.63, 3.8) is 0 Å². The molecule has 0 saturated carbocycles. The lowest BCUT2D eigenvalue weighted by atomic mass is 9.95. The van der Waals surface area contributed by atoms with Crippen LogP contribution in [0.15, 0.2) is 0 Å². The van der Waals surface area contributed by atoms with Gasteiger partial charge in [0.05, 0.1) is 5.41 Å². The lowest BCUT2D eigenvalue weighted by Gasteiger charge is -2.23. The highest BCUT2D eigenvalue weighted by Gasteiger charge is 2.29.